The Morgan fingerprint density at radius 2 is 2.00 bits per heavy atom. The van der Waals surface area contributed by atoms with Crippen molar-refractivity contribution in [2.45, 2.75) is 44.7 Å². The number of piperazine rings is 1. The van der Waals surface area contributed by atoms with Gasteiger partial charge in [0, 0.05) is 38.8 Å². The van der Waals surface area contributed by atoms with Crippen molar-refractivity contribution in [1.29, 1.82) is 0 Å². The number of amides is 1. The molecule has 1 saturated carbocycles. The molecule has 6 nitrogen and oxygen atoms in total. The highest BCUT2D eigenvalue weighted by atomic mass is 16.5. The van der Waals surface area contributed by atoms with Gasteiger partial charge < -0.3 is 15.2 Å². The Labute approximate surface area is 125 Å². The number of hydrogen-bond acceptors (Lipinski definition) is 5. The van der Waals surface area contributed by atoms with Crippen LogP contribution in [0.25, 0.3) is 0 Å². The van der Waals surface area contributed by atoms with E-state index in [4.69, 9.17) is 10.3 Å². The molecule has 1 aliphatic carbocycles. The van der Waals surface area contributed by atoms with Crippen LogP contribution in [0.4, 0.5) is 0 Å². The maximum Gasteiger partial charge on any atom is 0.242 e. The van der Waals surface area contributed by atoms with Crippen molar-refractivity contribution in [3.05, 3.63) is 17.5 Å². The van der Waals surface area contributed by atoms with E-state index in [1.54, 1.807) is 0 Å². The molecule has 0 radical (unpaired) electrons. The van der Waals surface area contributed by atoms with E-state index in [-0.39, 0.29) is 5.91 Å². The van der Waals surface area contributed by atoms with Crippen LogP contribution in [-0.4, -0.2) is 52.6 Å². The van der Waals surface area contributed by atoms with E-state index < -0.39 is 5.54 Å². The summed E-state index contributed by atoms with van der Waals surface area (Å²) in [4.78, 5) is 16.8. The molecule has 1 amide bonds. The predicted octanol–water partition coefficient (Wildman–Crippen LogP) is 0.899. The summed E-state index contributed by atoms with van der Waals surface area (Å²) in [5.41, 5.74) is 6.63. The lowest BCUT2D eigenvalue weighted by Crippen LogP contribution is -2.58. The third kappa shape index (κ3) is 3.11. The topological polar surface area (TPSA) is 75.6 Å². The molecule has 6 heteroatoms. The normalized spacial score (nSPS) is 22.7. The highest BCUT2D eigenvalue weighted by Crippen LogP contribution is 2.29. The maximum atomic E-state index is 12.5. The number of nitrogens with zero attached hydrogens (tertiary/aromatic N) is 3. The molecule has 0 spiro atoms. The number of carbonyl (C=O) groups is 1. The van der Waals surface area contributed by atoms with Gasteiger partial charge in [-0.15, -0.1) is 0 Å². The number of rotatable bonds is 3. The van der Waals surface area contributed by atoms with Crippen molar-refractivity contribution in [3.8, 4) is 0 Å². The molecule has 2 fully saturated rings. The molecule has 2 heterocycles. The van der Waals surface area contributed by atoms with Gasteiger partial charge in [0.1, 0.15) is 5.76 Å². The molecule has 0 aromatic carbocycles. The minimum atomic E-state index is -0.592. The summed E-state index contributed by atoms with van der Waals surface area (Å²) in [7, 11) is 0. The number of carbonyl (C=O) groups excluding carboxylic acids is 1. The molecule has 1 saturated heterocycles. The highest BCUT2D eigenvalue weighted by Gasteiger charge is 2.40. The Morgan fingerprint density at radius 3 is 2.57 bits per heavy atom. The molecule has 21 heavy (non-hydrogen) atoms. The molecule has 1 aliphatic heterocycles. The van der Waals surface area contributed by atoms with Crippen LogP contribution in [0.15, 0.2) is 10.6 Å². The minimum absolute atomic E-state index is 0.150. The third-order valence-electron chi connectivity index (χ3n) is 4.64. The fraction of sp³-hybridized carbons (Fsp3) is 0.733. The summed E-state index contributed by atoms with van der Waals surface area (Å²) < 4.78 is 5.09. The molecule has 3 rings (SSSR count). The zero-order valence-electron chi connectivity index (χ0n) is 12.7. The van der Waals surface area contributed by atoms with E-state index in [2.05, 4.69) is 10.1 Å². The van der Waals surface area contributed by atoms with Crippen molar-refractivity contribution >= 4 is 5.91 Å². The molecule has 1 aromatic heterocycles. The largest absolute Gasteiger partial charge is 0.361 e. The lowest BCUT2D eigenvalue weighted by atomic mass is 9.97. The third-order valence-corrected chi connectivity index (χ3v) is 4.64. The summed E-state index contributed by atoms with van der Waals surface area (Å²) in [6, 6.07) is 1.96. The molecule has 0 bridgehead atoms. The Morgan fingerprint density at radius 1 is 1.33 bits per heavy atom. The van der Waals surface area contributed by atoms with Crippen LogP contribution in [0.1, 0.15) is 37.1 Å². The molecular weight excluding hydrogens is 268 g/mol. The van der Waals surface area contributed by atoms with Gasteiger partial charge in [0.2, 0.25) is 5.91 Å². The fourth-order valence-electron chi connectivity index (χ4n) is 3.37. The summed E-state index contributed by atoms with van der Waals surface area (Å²) in [5, 5.41) is 4.02. The molecule has 116 valence electrons. The van der Waals surface area contributed by atoms with Gasteiger partial charge in [-0.3, -0.25) is 9.69 Å². The van der Waals surface area contributed by atoms with Gasteiger partial charge in [0.25, 0.3) is 0 Å². The van der Waals surface area contributed by atoms with E-state index in [0.717, 1.165) is 69.9 Å². The van der Waals surface area contributed by atoms with Crippen LogP contribution in [0, 0.1) is 6.92 Å². The molecule has 0 atom stereocenters. The van der Waals surface area contributed by atoms with E-state index in [0.29, 0.717) is 0 Å². The van der Waals surface area contributed by atoms with Crippen molar-refractivity contribution < 1.29 is 9.32 Å². The fourth-order valence-corrected chi connectivity index (χ4v) is 3.37. The standard InChI is InChI=1S/C15H24N4O2/c1-12-10-13(17-21-12)11-18-6-8-19(9-7-18)14(20)15(16)4-2-3-5-15/h10H,2-9,11,16H2,1H3. The summed E-state index contributed by atoms with van der Waals surface area (Å²) in [6.07, 6.45) is 3.83. The first-order chi connectivity index (χ1) is 10.1. The lowest BCUT2D eigenvalue weighted by molar-refractivity contribution is -0.138. The molecular formula is C15H24N4O2. The second-order valence-electron chi connectivity index (χ2n) is 6.36. The van der Waals surface area contributed by atoms with Gasteiger partial charge in [-0.1, -0.05) is 18.0 Å². The molecule has 2 aliphatic rings. The Bertz CT molecular complexity index is 500. The van der Waals surface area contributed by atoms with Crippen LogP contribution < -0.4 is 5.73 Å². The average molecular weight is 292 g/mol. The van der Waals surface area contributed by atoms with E-state index in [1.807, 2.05) is 17.9 Å². The van der Waals surface area contributed by atoms with Gasteiger partial charge in [-0.2, -0.15) is 0 Å². The van der Waals surface area contributed by atoms with E-state index in [9.17, 15) is 4.79 Å². The minimum Gasteiger partial charge on any atom is -0.361 e. The Balaban J connectivity index is 1.52. The number of aromatic nitrogens is 1. The van der Waals surface area contributed by atoms with Crippen LogP contribution in [-0.2, 0) is 11.3 Å². The van der Waals surface area contributed by atoms with E-state index in [1.165, 1.54) is 0 Å². The zero-order chi connectivity index (χ0) is 14.9. The molecule has 1 aromatic rings. The average Bonchev–Trinajstić information content (AvgIpc) is 3.09. The smallest absolute Gasteiger partial charge is 0.242 e. The molecule has 2 N–H and O–H groups in total. The predicted molar refractivity (Wildman–Crippen MR) is 78.5 cm³/mol. The molecule has 0 unspecified atom stereocenters. The van der Waals surface area contributed by atoms with Crippen LogP contribution in [0.5, 0.6) is 0 Å². The van der Waals surface area contributed by atoms with Crippen molar-refractivity contribution in [3.63, 3.8) is 0 Å². The van der Waals surface area contributed by atoms with Gasteiger partial charge in [0.15, 0.2) is 0 Å². The van der Waals surface area contributed by atoms with Crippen LogP contribution >= 0.6 is 0 Å². The Kier molecular flexibility index (Phi) is 3.99. The number of hydrogen-bond donors (Lipinski definition) is 1. The quantitative estimate of drug-likeness (QED) is 0.896. The van der Waals surface area contributed by atoms with Gasteiger partial charge in [-0.05, 0) is 19.8 Å². The van der Waals surface area contributed by atoms with Crippen molar-refractivity contribution in [2.24, 2.45) is 5.73 Å². The summed E-state index contributed by atoms with van der Waals surface area (Å²) in [5.74, 6) is 0.988. The Hall–Kier alpha value is -1.40. The summed E-state index contributed by atoms with van der Waals surface area (Å²) >= 11 is 0. The second-order valence-corrected chi connectivity index (χ2v) is 6.36. The van der Waals surface area contributed by atoms with Crippen molar-refractivity contribution in [1.82, 2.24) is 15.0 Å². The SMILES string of the molecule is Cc1cc(CN2CCN(C(=O)C3(N)CCCC3)CC2)no1. The lowest BCUT2D eigenvalue weighted by Gasteiger charge is -2.38. The van der Waals surface area contributed by atoms with Gasteiger partial charge in [-0.25, -0.2) is 0 Å². The van der Waals surface area contributed by atoms with Gasteiger partial charge in [0.05, 0.1) is 11.2 Å². The van der Waals surface area contributed by atoms with E-state index >= 15 is 0 Å². The zero-order valence-corrected chi connectivity index (χ0v) is 12.7. The first-order valence-electron chi connectivity index (χ1n) is 7.80. The van der Waals surface area contributed by atoms with Gasteiger partial charge >= 0.3 is 0 Å². The first kappa shape index (κ1) is 14.5. The number of nitrogens with two attached hydrogens (primary N) is 1. The monoisotopic (exact) mass is 292 g/mol. The first-order valence-corrected chi connectivity index (χ1v) is 7.80. The van der Waals surface area contributed by atoms with Crippen LogP contribution in [0.3, 0.4) is 0 Å². The second kappa shape index (κ2) is 5.77. The van der Waals surface area contributed by atoms with Crippen LogP contribution in [0.2, 0.25) is 0 Å². The highest BCUT2D eigenvalue weighted by molar-refractivity contribution is 5.86. The maximum absolute atomic E-state index is 12.5. The summed E-state index contributed by atoms with van der Waals surface area (Å²) in [6.45, 7) is 5.94. The number of aryl methyl sites for hydroxylation is 1. The van der Waals surface area contributed by atoms with Crippen molar-refractivity contribution in [2.75, 3.05) is 26.2 Å².